The van der Waals surface area contributed by atoms with E-state index in [9.17, 15) is 45.5 Å². The molecular weight excluding hydrogens is 610 g/mol. The molecule has 0 aliphatic rings. The molecule has 0 aliphatic carbocycles. The standard InChI is InChI=1S/C26H23ClF6N6O4/c1-24(2,22(34)42)36-21(41)19(16-5-3-4-6-17(16)26(31,32)33)35-18(40)13-39-23(43)38(12-11-25(28,29)30)20(37-39)14-7-9-15(27)10-8-14/h3-12,19H,13H2,1-2H3,(H2,34,42)(H,35,40)(H,36,41)/b12-11+. The van der Waals surface area contributed by atoms with Crippen LogP contribution in [0.4, 0.5) is 26.3 Å². The third kappa shape index (κ3) is 8.24. The molecule has 3 aromatic rings. The van der Waals surface area contributed by atoms with Crippen molar-refractivity contribution >= 4 is 35.5 Å². The third-order valence-electron chi connectivity index (χ3n) is 5.88. The summed E-state index contributed by atoms with van der Waals surface area (Å²) in [6, 6.07) is 7.21. The van der Waals surface area contributed by atoms with Crippen LogP contribution in [0.3, 0.4) is 0 Å². The molecule has 0 spiro atoms. The molecule has 0 saturated heterocycles. The molecule has 0 saturated carbocycles. The number of nitrogens with two attached hydrogens (primary N) is 1. The Labute approximate surface area is 244 Å². The van der Waals surface area contributed by atoms with Gasteiger partial charge in [0.25, 0.3) is 0 Å². The van der Waals surface area contributed by atoms with Gasteiger partial charge in [-0.3, -0.25) is 14.4 Å². The molecule has 43 heavy (non-hydrogen) atoms. The average molecular weight is 633 g/mol. The van der Waals surface area contributed by atoms with Crippen LogP contribution < -0.4 is 22.1 Å². The first-order valence-electron chi connectivity index (χ1n) is 12.1. The predicted molar refractivity (Wildman–Crippen MR) is 142 cm³/mol. The monoisotopic (exact) mass is 632 g/mol. The molecule has 17 heteroatoms. The van der Waals surface area contributed by atoms with Crippen molar-refractivity contribution in [2.24, 2.45) is 5.73 Å². The highest BCUT2D eigenvalue weighted by atomic mass is 35.5. The molecule has 3 amide bonds. The lowest BCUT2D eigenvalue weighted by molar-refractivity contribution is -0.140. The lowest BCUT2D eigenvalue weighted by Gasteiger charge is -2.27. The Bertz CT molecular complexity index is 1610. The van der Waals surface area contributed by atoms with Crippen molar-refractivity contribution in [3.8, 4) is 11.4 Å². The summed E-state index contributed by atoms with van der Waals surface area (Å²) in [6.45, 7) is 1.34. The molecule has 3 rings (SSSR count). The van der Waals surface area contributed by atoms with Gasteiger partial charge in [0.15, 0.2) is 5.82 Å². The number of amides is 3. The summed E-state index contributed by atoms with van der Waals surface area (Å²) in [5.41, 5.74) is 0.439. The first kappa shape index (κ1) is 32.9. The summed E-state index contributed by atoms with van der Waals surface area (Å²) in [7, 11) is 0. The van der Waals surface area contributed by atoms with Crippen LogP contribution in [0, 0.1) is 0 Å². The van der Waals surface area contributed by atoms with Crippen LogP contribution in [-0.2, 0) is 27.1 Å². The third-order valence-corrected chi connectivity index (χ3v) is 6.13. The maximum Gasteiger partial charge on any atom is 0.416 e. The number of hydrogen-bond acceptors (Lipinski definition) is 5. The summed E-state index contributed by atoms with van der Waals surface area (Å²) in [5.74, 6) is -3.83. The summed E-state index contributed by atoms with van der Waals surface area (Å²) in [6.07, 6.45) is -9.64. The van der Waals surface area contributed by atoms with Crippen LogP contribution in [0.2, 0.25) is 5.02 Å². The zero-order valence-electron chi connectivity index (χ0n) is 22.3. The first-order chi connectivity index (χ1) is 19.8. The quantitative estimate of drug-likeness (QED) is 0.309. The van der Waals surface area contributed by atoms with Crippen LogP contribution in [0.1, 0.15) is 31.0 Å². The van der Waals surface area contributed by atoms with Crippen molar-refractivity contribution in [3.63, 3.8) is 0 Å². The molecule has 230 valence electrons. The summed E-state index contributed by atoms with van der Waals surface area (Å²) < 4.78 is 81.0. The second kappa shape index (κ2) is 12.3. The van der Waals surface area contributed by atoms with Gasteiger partial charge in [-0.25, -0.2) is 14.0 Å². The van der Waals surface area contributed by atoms with E-state index in [0.29, 0.717) is 21.5 Å². The fourth-order valence-corrected chi connectivity index (χ4v) is 3.81. The zero-order valence-corrected chi connectivity index (χ0v) is 23.0. The molecule has 1 unspecified atom stereocenters. The Morgan fingerprint density at radius 1 is 1.02 bits per heavy atom. The summed E-state index contributed by atoms with van der Waals surface area (Å²) in [4.78, 5) is 50.9. The number of allylic oxidation sites excluding steroid dienone is 1. The first-order valence-corrected chi connectivity index (χ1v) is 12.5. The van der Waals surface area contributed by atoms with Gasteiger partial charge in [-0.05, 0) is 49.7 Å². The van der Waals surface area contributed by atoms with E-state index in [1.54, 1.807) is 0 Å². The molecule has 1 aromatic heterocycles. The molecule has 1 atom stereocenters. The molecule has 2 aromatic carbocycles. The minimum atomic E-state index is -4.97. The fraction of sp³-hybridized carbons (Fsp3) is 0.269. The van der Waals surface area contributed by atoms with Crippen molar-refractivity contribution in [2.45, 2.75) is 44.3 Å². The van der Waals surface area contributed by atoms with Crippen molar-refractivity contribution < 1.29 is 40.7 Å². The SMILES string of the molecule is CC(C)(NC(=O)C(NC(=O)Cn1nc(-c2ccc(Cl)cc2)n(/C=C/C(F)(F)F)c1=O)c1ccccc1C(F)(F)F)C(N)=O. The highest BCUT2D eigenvalue weighted by molar-refractivity contribution is 6.30. The molecule has 1 heterocycles. The number of nitrogens with one attached hydrogen (secondary N) is 2. The summed E-state index contributed by atoms with van der Waals surface area (Å²) >= 11 is 5.85. The van der Waals surface area contributed by atoms with Gasteiger partial charge in [0.2, 0.25) is 17.7 Å². The number of hydrogen-bond donors (Lipinski definition) is 3. The number of alkyl halides is 6. The maximum absolute atomic E-state index is 13.8. The highest BCUT2D eigenvalue weighted by Gasteiger charge is 2.39. The van der Waals surface area contributed by atoms with Gasteiger partial charge in [-0.2, -0.15) is 26.3 Å². The van der Waals surface area contributed by atoms with Gasteiger partial charge >= 0.3 is 18.0 Å². The van der Waals surface area contributed by atoms with Crippen LogP contribution >= 0.6 is 11.6 Å². The number of aromatic nitrogens is 3. The van der Waals surface area contributed by atoms with E-state index in [-0.39, 0.29) is 22.5 Å². The van der Waals surface area contributed by atoms with E-state index >= 15 is 0 Å². The van der Waals surface area contributed by atoms with Crippen molar-refractivity contribution in [3.05, 3.63) is 81.2 Å². The van der Waals surface area contributed by atoms with E-state index in [4.69, 9.17) is 17.3 Å². The fourth-order valence-electron chi connectivity index (χ4n) is 3.69. The van der Waals surface area contributed by atoms with E-state index in [1.807, 2.05) is 0 Å². The Balaban J connectivity index is 2.04. The second-order valence-electron chi connectivity index (χ2n) is 9.56. The average Bonchev–Trinajstić information content (AvgIpc) is 3.19. The van der Waals surface area contributed by atoms with E-state index in [0.717, 1.165) is 12.1 Å². The molecule has 0 fully saturated rings. The minimum Gasteiger partial charge on any atom is -0.368 e. The van der Waals surface area contributed by atoms with Gasteiger partial charge in [0.05, 0.1) is 5.56 Å². The van der Waals surface area contributed by atoms with Crippen LogP contribution in [0.15, 0.2) is 59.4 Å². The highest BCUT2D eigenvalue weighted by Crippen LogP contribution is 2.35. The number of carbonyl (C=O) groups is 3. The smallest absolute Gasteiger partial charge is 0.368 e. The Hall–Kier alpha value is -4.60. The molecule has 0 bridgehead atoms. The van der Waals surface area contributed by atoms with Gasteiger partial charge in [-0.15, -0.1) is 5.10 Å². The van der Waals surface area contributed by atoms with Crippen LogP contribution in [0.25, 0.3) is 17.6 Å². The number of benzene rings is 2. The Kier molecular flexibility index (Phi) is 9.43. The lowest BCUT2D eigenvalue weighted by Crippen LogP contribution is -2.56. The van der Waals surface area contributed by atoms with Gasteiger partial charge in [-0.1, -0.05) is 29.8 Å². The topological polar surface area (TPSA) is 141 Å². The summed E-state index contributed by atoms with van der Waals surface area (Å²) in [5, 5.41) is 8.45. The Morgan fingerprint density at radius 2 is 1.63 bits per heavy atom. The minimum absolute atomic E-state index is 0.137. The molecule has 0 radical (unpaired) electrons. The van der Waals surface area contributed by atoms with E-state index in [1.165, 1.54) is 44.2 Å². The predicted octanol–water partition coefficient (Wildman–Crippen LogP) is 3.65. The molecule has 4 N–H and O–H groups in total. The zero-order chi connectivity index (χ0) is 32.3. The Morgan fingerprint density at radius 3 is 2.19 bits per heavy atom. The molecular formula is C26H23ClF6N6O4. The van der Waals surface area contributed by atoms with Crippen molar-refractivity contribution in [1.29, 1.82) is 0 Å². The van der Waals surface area contributed by atoms with Crippen molar-refractivity contribution in [1.82, 2.24) is 25.0 Å². The second-order valence-corrected chi connectivity index (χ2v) is 10.00. The number of nitrogens with zero attached hydrogens (tertiary/aromatic N) is 3. The van der Waals surface area contributed by atoms with Gasteiger partial charge in [0.1, 0.15) is 18.1 Å². The number of primary amides is 1. The van der Waals surface area contributed by atoms with Crippen LogP contribution in [0.5, 0.6) is 0 Å². The lowest BCUT2D eigenvalue weighted by atomic mass is 9.97. The van der Waals surface area contributed by atoms with E-state index < -0.39 is 65.0 Å². The van der Waals surface area contributed by atoms with Crippen LogP contribution in [-0.4, -0.2) is 43.8 Å². The molecule has 0 aliphatic heterocycles. The number of halogens is 7. The van der Waals surface area contributed by atoms with Gasteiger partial charge < -0.3 is 16.4 Å². The van der Waals surface area contributed by atoms with Crippen molar-refractivity contribution in [2.75, 3.05) is 0 Å². The normalized spacial score (nSPS) is 13.1. The van der Waals surface area contributed by atoms with Gasteiger partial charge in [0, 0.05) is 22.9 Å². The number of carbonyl (C=O) groups excluding carboxylic acids is 3. The maximum atomic E-state index is 13.8. The van der Waals surface area contributed by atoms with E-state index in [2.05, 4.69) is 15.7 Å². The molecule has 10 nitrogen and oxygen atoms in total. The number of rotatable bonds is 9. The largest absolute Gasteiger partial charge is 0.416 e.